The summed E-state index contributed by atoms with van der Waals surface area (Å²) >= 11 is 0. The lowest BCUT2D eigenvalue weighted by Gasteiger charge is -2.28. The summed E-state index contributed by atoms with van der Waals surface area (Å²) in [5, 5.41) is 3.61. The molecule has 1 heterocycles. The predicted octanol–water partition coefficient (Wildman–Crippen LogP) is 2.64. The molecule has 1 unspecified atom stereocenters. The third-order valence-corrected chi connectivity index (χ3v) is 3.34. The largest absolute Gasteiger partial charge is 0.313 e. The van der Waals surface area contributed by atoms with Crippen LogP contribution in [0.4, 0.5) is 0 Å². The first-order chi connectivity index (χ1) is 7.33. The van der Waals surface area contributed by atoms with Gasteiger partial charge in [-0.3, -0.25) is 0 Å². The molecule has 0 spiro atoms. The number of nitrogens with one attached hydrogen (secondary N) is 1. The smallest absolute Gasteiger partial charge is 0.0194 e. The summed E-state index contributed by atoms with van der Waals surface area (Å²) in [7, 11) is 2.27. The Morgan fingerprint density at radius 1 is 1.20 bits per heavy atom. The minimum atomic E-state index is 0.759. The zero-order valence-corrected chi connectivity index (χ0v) is 10.6. The molecule has 0 amide bonds. The van der Waals surface area contributed by atoms with Gasteiger partial charge in [-0.25, -0.2) is 0 Å². The molecule has 1 rings (SSSR count). The molecule has 0 aromatic carbocycles. The molecule has 0 aromatic heterocycles. The Morgan fingerprint density at radius 3 is 2.73 bits per heavy atom. The van der Waals surface area contributed by atoms with E-state index >= 15 is 0 Å². The molecule has 0 saturated carbocycles. The van der Waals surface area contributed by atoms with Gasteiger partial charge in [0, 0.05) is 12.6 Å². The molecule has 15 heavy (non-hydrogen) atoms. The van der Waals surface area contributed by atoms with Crippen molar-refractivity contribution in [3.05, 3.63) is 0 Å². The molecule has 0 aliphatic carbocycles. The normalized spacial score (nSPS) is 22.2. The molecule has 1 N–H and O–H groups in total. The number of likely N-dealkylation sites (N-methyl/N-ethyl adjacent to an activating group) is 1. The summed E-state index contributed by atoms with van der Waals surface area (Å²) in [6.45, 7) is 6.02. The van der Waals surface area contributed by atoms with Gasteiger partial charge in [0.2, 0.25) is 0 Å². The third-order valence-electron chi connectivity index (χ3n) is 3.34. The van der Waals surface area contributed by atoms with E-state index in [9.17, 15) is 0 Å². The van der Waals surface area contributed by atoms with E-state index in [-0.39, 0.29) is 0 Å². The Morgan fingerprint density at radius 2 is 2.07 bits per heavy atom. The first-order valence-electron chi connectivity index (χ1n) is 6.75. The molecule has 0 radical (unpaired) electrons. The molecule has 1 aliphatic rings. The van der Waals surface area contributed by atoms with Crippen molar-refractivity contribution in [2.24, 2.45) is 0 Å². The first-order valence-corrected chi connectivity index (χ1v) is 6.75. The fourth-order valence-corrected chi connectivity index (χ4v) is 2.36. The minimum Gasteiger partial charge on any atom is -0.313 e. The fourth-order valence-electron chi connectivity index (χ4n) is 2.36. The topological polar surface area (TPSA) is 15.3 Å². The van der Waals surface area contributed by atoms with Gasteiger partial charge in [0.15, 0.2) is 0 Å². The van der Waals surface area contributed by atoms with Crippen LogP contribution in [0.5, 0.6) is 0 Å². The number of rotatable bonds is 7. The standard InChI is InChI=1S/C13H28N2/c1-3-4-5-8-11-15(2)12-13-9-6-7-10-14-13/h13-14H,3-12H2,1-2H3. The molecule has 2 nitrogen and oxygen atoms in total. The summed E-state index contributed by atoms with van der Waals surface area (Å²) in [4.78, 5) is 2.50. The van der Waals surface area contributed by atoms with Crippen molar-refractivity contribution in [3.8, 4) is 0 Å². The van der Waals surface area contributed by atoms with Crippen LogP contribution in [0.25, 0.3) is 0 Å². The minimum absolute atomic E-state index is 0.759. The Labute approximate surface area is 95.4 Å². The maximum atomic E-state index is 3.61. The fraction of sp³-hybridized carbons (Fsp3) is 1.00. The average molecular weight is 212 g/mol. The van der Waals surface area contributed by atoms with E-state index in [0.29, 0.717) is 0 Å². The van der Waals surface area contributed by atoms with Crippen LogP contribution in [0.3, 0.4) is 0 Å². The number of unbranched alkanes of at least 4 members (excludes halogenated alkanes) is 3. The Balaban J connectivity index is 1.98. The van der Waals surface area contributed by atoms with Gasteiger partial charge in [-0.05, 0) is 39.4 Å². The van der Waals surface area contributed by atoms with E-state index in [1.165, 1.54) is 64.6 Å². The lowest BCUT2D eigenvalue weighted by molar-refractivity contribution is 0.258. The molecule has 0 bridgehead atoms. The second-order valence-electron chi connectivity index (χ2n) is 4.97. The van der Waals surface area contributed by atoms with Crippen LogP contribution in [0, 0.1) is 0 Å². The Hall–Kier alpha value is -0.0800. The third kappa shape index (κ3) is 6.16. The monoisotopic (exact) mass is 212 g/mol. The zero-order chi connectivity index (χ0) is 10.9. The van der Waals surface area contributed by atoms with Gasteiger partial charge in [-0.1, -0.05) is 32.6 Å². The first kappa shape index (κ1) is 13.0. The highest BCUT2D eigenvalue weighted by Crippen LogP contribution is 2.08. The van der Waals surface area contributed by atoms with Crippen LogP contribution in [0.2, 0.25) is 0 Å². The van der Waals surface area contributed by atoms with Crippen LogP contribution in [0.1, 0.15) is 51.9 Å². The van der Waals surface area contributed by atoms with E-state index in [1.807, 2.05) is 0 Å². The van der Waals surface area contributed by atoms with Crippen molar-refractivity contribution in [2.45, 2.75) is 57.9 Å². The molecule has 2 heteroatoms. The quantitative estimate of drug-likeness (QED) is 0.653. The molecule has 1 atom stereocenters. The van der Waals surface area contributed by atoms with Gasteiger partial charge in [0.05, 0.1) is 0 Å². The highest BCUT2D eigenvalue weighted by molar-refractivity contribution is 4.74. The van der Waals surface area contributed by atoms with Crippen LogP contribution >= 0.6 is 0 Å². The van der Waals surface area contributed by atoms with Crippen molar-refractivity contribution >= 4 is 0 Å². The molecule has 0 aromatic rings. The summed E-state index contributed by atoms with van der Waals surface area (Å²) < 4.78 is 0. The van der Waals surface area contributed by atoms with Gasteiger partial charge in [-0.2, -0.15) is 0 Å². The number of piperidine rings is 1. The van der Waals surface area contributed by atoms with Crippen molar-refractivity contribution in [1.82, 2.24) is 10.2 Å². The second kappa shape index (κ2) is 8.12. The van der Waals surface area contributed by atoms with E-state index in [2.05, 4.69) is 24.2 Å². The van der Waals surface area contributed by atoms with Gasteiger partial charge in [-0.15, -0.1) is 0 Å². The Kier molecular flexibility index (Phi) is 7.03. The summed E-state index contributed by atoms with van der Waals surface area (Å²) in [5.41, 5.74) is 0. The van der Waals surface area contributed by atoms with Gasteiger partial charge in [0.1, 0.15) is 0 Å². The predicted molar refractivity (Wildman–Crippen MR) is 67.3 cm³/mol. The van der Waals surface area contributed by atoms with E-state index in [4.69, 9.17) is 0 Å². The van der Waals surface area contributed by atoms with Gasteiger partial charge < -0.3 is 10.2 Å². The summed E-state index contributed by atoms with van der Waals surface area (Å²) in [6, 6.07) is 0.759. The highest BCUT2D eigenvalue weighted by atomic mass is 15.1. The molecule has 1 fully saturated rings. The van der Waals surface area contributed by atoms with Crippen molar-refractivity contribution in [3.63, 3.8) is 0 Å². The lowest BCUT2D eigenvalue weighted by Crippen LogP contribution is -2.42. The van der Waals surface area contributed by atoms with Crippen LogP contribution in [-0.4, -0.2) is 37.6 Å². The number of hydrogen-bond acceptors (Lipinski definition) is 2. The van der Waals surface area contributed by atoms with Crippen LogP contribution < -0.4 is 5.32 Å². The molecular formula is C13H28N2. The summed E-state index contributed by atoms with van der Waals surface area (Å²) in [5.74, 6) is 0. The van der Waals surface area contributed by atoms with E-state index in [1.54, 1.807) is 0 Å². The van der Waals surface area contributed by atoms with Crippen molar-refractivity contribution in [1.29, 1.82) is 0 Å². The second-order valence-corrected chi connectivity index (χ2v) is 4.97. The Bertz CT molecular complexity index is 141. The van der Waals surface area contributed by atoms with Crippen molar-refractivity contribution < 1.29 is 0 Å². The lowest BCUT2D eigenvalue weighted by atomic mass is 10.0. The molecule has 90 valence electrons. The molecule has 1 saturated heterocycles. The maximum Gasteiger partial charge on any atom is 0.0194 e. The average Bonchev–Trinajstić information content (AvgIpc) is 2.26. The number of nitrogens with zero attached hydrogens (tertiary/aromatic N) is 1. The summed E-state index contributed by atoms with van der Waals surface area (Å²) in [6.07, 6.45) is 9.68. The van der Waals surface area contributed by atoms with Crippen LogP contribution in [-0.2, 0) is 0 Å². The van der Waals surface area contributed by atoms with Crippen LogP contribution in [0.15, 0.2) is 0 Å². The molecular weight excluding hydrogens is 184 g/mol. The van der Waals surface area contributed by atoms with E-state index < -0.39 is 0 Å². The SMILES string of the molecule is CCCCCCN(C)CC1CCCCN1. The van der Waals surface area contributed by atoms with Gasteiger partial charge in [0.25, 0.3) is 0 Å². The molecule has 1 aliphatic heterocycles. The highest BCUT2D eigenvalue weighted by Gasteiger charge is 2.13. The van der Waals surface area contributed by atoms with E-state index in [0.717, 1.165) is 6.04 Å². The van der Waals surface area contributed by atoms with Crippen molar-refractivity contribution in [2.75, 3.05) is 26.7 Å². The maximum absolute atomic E-state index is 3.61. The zero-order valence-electron chi connectivity index (χ0n) is 10.6. The van der Waals surface area contributed by atoms with Gasteiger partial charge >= 0.3 is 0 Å². The number of hydrogen-bond donors (Lipinski definition) is 1.